The molecule has 18 heavy (non-hydrogen) atoms. The van der Waals surface area contributed by atoms with Crippen molar-refractivity contribution in [2.24, 2.45) is 5.92 Å². The zero-order chi connectivity index (χ0) is 12.2. The first-order chi connectivity index (χ1) is 8.92. The number of nitrogens with one attached hydrogen (secondary N) is 1. The maximum absolute atomic E-state index is 4.29. The van der Waals surface area contributed by atoms with Crippen LogP contribution >= 0.6 is 0 Å². The molecule has 0 spiro atoms. The molecule has 0 saturated heterocycles. The van der Waals surface area contributed by atoms with Gasteiger partial charge in [-0.15, -0.1) is 14.8 Å². The lowest BCUT2D eigenvalue weighted by Gasteiger charge is -2.21. The second-order valence-corrected chi connectivity index (χ2v) is 4.96. The minimum Gasteiger partial charge on any atom is -0.369 e. The molecule has 6 nitrogen and oxygen atoms in total. The van der Waals surface area contributed by atoms with E-state index in [1.165, 1.54) is 43.2 Å². The molecule has 1 aliphatic carbocycles. The van der Waals surface area contributed by atoms with Gasteiger partial charge in [-0.3, -0.25) is 0 Å². The third-order valence-electron chi connectivity index (χ3n) is 3.65. The Kier molecular flexibility index (Phi) is 3.34. The first kappa shape index (κ1) is 11.4. The number of aromatic nitrogens is 5. The van der Waals surface area contributed by atoms with Crippen LogP contribution in [0.5, 0.6) is 0 Å². The van der Waals surface area contributed by atoms with Gasteiger partial charge in [-0.25, -0.2) is 0 Å². The molecule has 3 rings (SSSR count). The van der Waals surface area contributed by atoms with E-state index in [1.54, 1.807) is 0 Å². The summed E-state index contributed by atoms with van der Waals surface area (Å²) in [5.74, 6) is 1.73. The minimum absolute atomic E-state index is 0.674. The Hall–Kier alpha value is -1.72. The van der Waals surface area contributed by atoms with E-state index < -0.39 is 0 Å². The maximum Gasteiger partial charge on any atom is 0.200 e. The molecule has 0 unspecified atom stereocenters. The molecule has 0 bridgehead atoms. The largest absolute Gasteiger partial charge is 0.369 e. The fourth-order valence-corrected chi connectivity index (χ4v) is 2.62. The van der Waals surface area contributed by atoms with Crippen molar-refractivity contribution in [2.45, 2.75) is 38.5 Å². The highest BCUT2D eigenvalue weighted by atomic mass is 15.6. The van der Waals surface area contributed by atoms with Crippen molar-refractivity contribution in [1.29, 1.82) is 0 Å². The summed E-state index contributed by atoms with van der Waals surface area (Å²) in [4.78, 5) is 0. The van der Waals surface area contributed by atoms with Gasteiger partial charge < -0.3 is 5.32 Å². The smallest absolute Gasteiger partial charge is 0.200 e. The Bertz CT molecular complexity index is 502. The molecule has 1 fully saturated rings. The number of anilines is 1. The van der Waals surface area contributed by atoms with Crippen LogP contribution in [0.2, 0.25) is 0 Å². The molecule has 1 N–H and O–H groups in total. The lowest BCUT2D eigenvalue weighted by atomic mass is 9.87. The SMILES string of the molecule is c1cc2nnnn2nc1NCCC1CCCCC1. The molecule has 0 amide bonds. The fraction of sp³-hybridized carbons (Fsp3) is 0.667. The van der Waals surface area contributed by atoms with Crippen LogP contribution in [-0.4, -0.2) is 31.8 Å². The van der Waals surface area contributed by atoms with Gasteiger partial charge in [-0.2, -0.15) is 0 Å². The molecule has 0 aromatic carbocycles. The minimum atomic E-state index is 0.674. The number of hydrogen-bond acceptors (Lipinski definition) is 5. The van der Waals surface area contributed by atoms with Gasteiger partial charge in [-0.05, 0) is 34.9 Å². The van der Waals surface area contributed by atoms with E-state index in [4.69, 9.17) is 0 Å². The molecule has 1 saturated carbocycles. The summed E-state index contributed by atoms with van der Waals surface area (Å²) >= 11 is 0. The second kappa shape index (κ2) is 5.29. The van der Waals surface area contributed by atoms with Crippen LogP contribution in [-0.2, 0) is 0 Å². The monoisotopic (exact) mass is 246 g/mol. The van der Waals surface area contributed by atoms with Crippen LogP contribution < -0.4 is 5.32 Å². The van der Waals surface area contributed by atoms with Crippen LogP contribution in [0.15, 0.2) is 12.1 Å². The standard InChI is InChI=1S/C12H18N6/c1-2-4-10(5-3-1)8-9-13-11-6-7-12-14-16-17-18(12)15-11/h6-7,10H,1-5,8-9H2,(H,13,15). The van der Waals surface area contributed by atoms with Crippen molar-refractivity contribution in [3.05, 3.63) is 12.1 Å². The van der Waals surface area contributed by atoms with Crippen molar-refractivity contribution in [1.82, 2.24) is 25.3 Å². The number of hydrogen-bond donors (Lipinski definition) is 1. The predicted octanol–water partition coefficient (Wildman–Crippen LogP) is 1.90. The molecule has 2 heterocycles. The van der Waals surface area contributed by atoms with Gasteiger partial charge in [0.1, 0.15) is 5.82 Å². The van der Waals surface area contributed by atoms with E-state index in [9.17, 15) is 0 Å². The normalized spacial score (nSPS) is 17.1. The summed E-state index contributed by atoms with van der Waals surface area (Å²) in [6, 6.07) is 3.79. The molecule has 0 aliphatic heterocycles. The highest BCUT2D eigenvalue weighted by molar-refractivity contribution is 5.41. The molecule has 0 atom stereocenters. The molecule has 96 valence electrons. The van der Waals surface area contributed by atoms with Crippen molar-refractivity contribution in [2.75, 3.05) is 11.9 Å². The van der Waals surface area contributed by atoms with Crippen molar-refractivity contribution >= 4 is 11.5 Å². The predicted molar refractivity (Wildman–Crippen MR) is 68.3 cm³/mol. The molecule has 1 aliphatic rings. The number of fused-ring (bicyclic) bond motifs is 1. The first-order valence-corrected chi connectivity index (χ1v) is 6.71. The topological polar surface area (TPSA) is 68.0 Å². The summed E-state index contributed by atoms with van der Waals surface area (Å²) in [5.41, 5.74) is 0.674. The fourth-order valence-electron chi connectivity index (χ4n) is 2.62. The van der Waals surface area contributed by atoms with Crippen molar-refractivity contribution in [3.63, 3.8) is 0 Å². The molecular weight excluding hydrogens is 228 g/mol. The Morgan fingerprint density at radius 1 is 1.22 bits per heavy atom. The van der Waals surface area contributed by atoms with Gasteiger partial charge in [0.25, 0.3) is 0 Å². The molecule has 2 aromatic rings. The van der Waals surface area contributed by atoms with E-state index in [2.05, 4.69) is 25.9 Å². The number of rotatable bonds is 4. The Balaban J connectivity index is 1.52. The lowest BCUT2D eigenvalue weighted by molar-refractivity contribution is 0.345. The maximum atomic E-state index is 4.29. The van der Waals surface area contributed by atoms with Gasteiger partial charge in [0.05, 0.1) is 0 Å². The summed E-state index contributed by atoms with van der Waals surface area (Å²) in [5, 5.41) is 18.8. The van der Waals surface area contributed by atoms with Crippen molar-refractivity contribution < 1.29 is 0 Å². The zero-order valence-electron chi connectivity index (χ0n) is 10.4. The van der Waals surface area contributed by atoms with Crippen LogP contribution in [0, 0.1) is 5.92 Å². The number of nitrogens with zero attached hydrogens (tertiary/aromatic N) is 5. The van der Waals surface area contributed by atoms with Crippen LogP contribution in [0.3, 0.4) is 0 Å². The zero-order valence-corrected chi connectivity index (χ0v) is 10.4. The van der Waals surface area contributed by atoms with Gasteiger partial charge in [0.15, 0.2) is 5.65 Å². The van der Waals surface area contributed by atoms with E-state index in [-0.39, 0.29) is 0 Å². The van der Waals surface area contributed by atoms with Crippen LogP contribution in [0.25, 0.3) is 5.65 Å². The summed E-state index contributed by atoms with van der Waals surface area (Å²) in [6.07, 6.45) is 8.23. The van der Waals surface area contributed by atoms with Crippen LogP contribution in [0.4, 0.5) is 5.82 Å². The van der Waals surface area contributed by atoms with E-state index in [1.807, 2.05) is 12.1 Å². The summed E-state index contributed by atoms with van der Waals surface area (Å²) in [7, 11) is 0. The van der Waals surface area contributed by atoms with E-state index >= 15 is 0 Å². The quantitative estimate of drug-likeness (QED) is 0.892. The highest BCUT2D eigenvalue weighted by Gasteiger charge is 2.12. The summed E-state index contributed by atoms with van der Waals surface area (Å²) < 4.78 is 1.45. The summed E-state index contributed by atoms with van der Waals surface area (Å²) in [6.45, 7) is 0.977. The van der Waals surface area contributed by atoms with Gasteiger partial charge in [0, 0.05) is 6.54 Å². The van der Waals surface area contributed by atoms with Gasteiger partial charge in [-0.1, -0.05) is 32.1 Å². The molecular formula is C12H18N6. The third-order valence-corrected chi connectivity index (χ3v) is 3.65. The van der Waals surface area contributed by atoms with E-state index in [0.717, 1.165) is 18.3 Å². The molecule has 0 radical (unpaired) electrons. The highest BCUT2D eigenvalue weighted by Crippen LogP contribution is 2.26. The van der Waals surface area contributed by atoms with Gasteiger partial charge in [0.2, 0.25) is 0 Å². The lowest BCUT2D eigenvalue weighted by Crippen LogP contribution is -2.13. The van der Waals surface area contributed by atoms with Crippen LogP contribution in [0.1, 0.15) is 38.5 Å². The Morgan fingerprint density at radius 3 is 3.00 bits per heavy atom. The first-order valence-electron chi connectivity index (χ1n) is 6.71. The Labute approximate surface area is 106 Å². The number of tetrazole rings is 1. The Morgan fingerprint density at radius 2 is 2.11 bits per heavy atom. The third kappa shape index (κ3) is 2.57. The average molecular weight is 246 g/mol. The van der Waals surface area contributed by atoms with Gasteiger partial charge >= 0.3 is 0 Å². The molecule has 2 aromatic heterocycles. The molecule has 6 heteroatoms. The van der Waals surface area contributed by atoms with E-state index in [0.29, 0.717) is 5.65 Å². The second-order valence-electron chi connectivity index (χ2n) is 4.96. The average Bonchev–Trinajstić information content (AvgIpc) is 2.87. The van der Waals surface area contributed by atoms with Crippen molar-refractivity contribution in [3.8, 4) is 0 Å².